The summed E-state index contributed by atoms with van der Waals surface area (Å²) in [7, 11) is 0. The number of nitriles is 1. The molecule has 3 nitrogen and oxygen atoms in total. The quantitative estimate of drug-likeness (QED) is 0.863. The van der Waals surface area contributed by atoms with Crippen molar-refractivity contribution in [2.75, 3.05) is 13.2 Å². The fraction of sp³-hybridized carbons (Fsp3) is 0.364. The molecule has 1 aromatic carbocycles. The first-order chi connectivity index (χ1) is 8.03. The zero-order valence-electron chi connectivity index (χ0n) is 8.92. The summed E-state index contributed by atoms with van der Waals surface area (Å²) in [5.74, 6) is 0.420. The molecule has 0 amide bonds. The lowest BCUT2D eigenvalue weighted by atomic mass is 10.2. The van der Waals surface area contributed by atoms with Gasteiger partial charge < -0.3 is 10.1 Å². The molecule has 0 fully saturated rings. The van der Waals surface area contributed by atoms with Crippen LogP contribution in [0.2, 0.25) is 0 Å². The fourth-order valence-corrected chi connectivity index (χ4v) is 1.24. The smallest absolute Gasteiger partial charge is 0.401 e. The predicted octanol–water partition coefficient (Wildman–Crippen LogP) is 2.24. The minimum Gasteiger partial charge on any atom is -0.478 e. The average Bonchev–Trinajstić information content (AvgIpc) is 2.26. The molecule has 0 spiro atoms. The summed E-state index contributed by atoms with van der Waals surface area (Å²) in [5.41, 5.74) is 0.590. The number of halogens is 3. The predicted molar refractivity (Wildman–Crippen MR) is 55.3 cm³/mol. The summed E-state index contributed by atoms with van der Waals surface area (Å²) in [4.78, 5) is 0. The lowest BCUT2D eigenvalue weighted by Crippen LogP contribution is -2.28. The minimum atomic E-state index is -4.23. The molecule has 0 aliphatic carbocycles. The molecule has 0 aliphatic heterocycles. The van der Waals surface area contributed by atoms with Crippen LogP contribution in [0.5, 0.6) is 5.75 Å². The van der Waals surface area contributed by atoms with Crippen molar-refractivity contribution >= 4 is 0 Å². The van der Waals surface area contributed by atoms with Gasteiger partial charge in [-0.3, -0.25) is 0 Å². The van der Waals surface area contributed by atoms with E-state index in [1.165, 1.54) is 0 Å². The van der Waals surface area contributed by atoms with E-state index in [2.05, 4.69) is 5.32 Å². The minimum absolute atomic E-state index is 0.0428. The van der Waals surface area contributed by atoms with Crippen molar-refractivity contribution in [1.29, 1.82) is 5.26 Å². The molecule has 0 saturated carbocycles. The molecule has 0 bridgehead atoms. The molecule has 17 heavy (non-hydrogen) atoms. The Morgan fingerprint density at radius 3 is 2.65 bits per heavy atom. The summed E-state index contributed by atoms with van der Waals surface area (Å²) in [6.45, 7) is -1.14. The summed E-state index contributed by atoms with van der Waals surface area (Å²) < 4.78 is 40.9. The molecule has 1 N–H and O–H groups in total. The van der Waals surface area contributed by atoms with Crippen LogP contribution in [-0.4, -0.2) is 19.3 Å². The maximum atomic E-state index is 11.9. The van der Waals surface area contributed by atoms with E-state index >= 15 is 0 Å². The maximum Gasteiger partial charge on any atom is 0.401 e. The molecule has 1 aromatic rings. The van der Waals surface area contributed by atoms with Crippen LogP contribution in [0, 0.1) is 11.3 Å². The molecule has 92 valence electrons. The van der Waals surface area contributed by atoms with Crippen molar-refractivity contribution in [3.05, 3.63) is 29.8 Å². The van der Waals surface area contributed by atoms with Gasteiger partial charge in [0.1, 0.15) is 11.8 Å². The lowest BCUT2D eigenvalue weighted by Gasteiger charge is -2.11. The van der Waals surface area contributed by atoms with Crippen LogP contribution < -0.4 is 10.1 Å². The molecular formula is C11H11F3N2O. The topological polar surface area (TPSA) is 45.0 Å². The van der Waals surface area contributed by atoms with Crippen molar-refractivity contribution in [3.8, 4) is 11.8 Å². The number of hydrogen-bond donors (Lipinski definition) is 1. The van der Waals surface area contributed by atoms with Gasteiger partial charge in [0.05, 0.1) is 6.54 Å². The third-order valence-electron chi connectivity index (χ3n) is 1.91. The standard InChI is InChI=1S/C11H11F3N2O/c12-11(13,14)8-16-7-9-3-1-2-4-10(9)17-6-5-15/h1-4,16H,6-8H2. The number of benzene rings is 1. The zero-order chi connectivity index (χ0) is 12.7. The highest BCUT2D eigenvalue weighted by Crippen LogP contribution is 2.18. The summed E-state index contributed by atoms with van der Waals surface area (Å²) >= 11 is 0. The Bertz CT molecular complexity index is 398. The summed E-state index contributed by atoms with van der Waals surface area (Å²) in [6.07, 6.45) is -4.23. The van der Waals surface area contributed by atoms with E-state index in [-0.39, 0.29) is 13.2 Å². The Morgan fingerprint density at radius 1 is 1.29 bits per heavy atom. The highest BCUT2D eigenvalue weighted by molar-refractivity contribution is 5.33. The second-order valence-electron chi connectivity index (χ2n) is 3.27. The highest BCUT2D eigenvalue weighted by atomic mass is 19.4. The van der Waals surface area contributed by atoms with Crippen LogP contribution in [0.15, 0.2) is 24.3 Å². The Hall–Kier alpha value is -1.74. The van der Waals surface area contributed by atoms with Crippen LogP contribution in [-0.2, 0) is 6.54 Å². The van der Waals surface area contributed by atoms with Gasteiger partial charge in [0.25, 0.3) is 0 Å². The van der Waals surface area contributed by atoms with Gasteiger partial charge in [-0.1, -0.05) is 18.2 Å². The van der Waals surface area contributed by atoms with E-state index in [1.54, 1.807) is 30.3 Å². The molecule has 0 aliphatic rings. The first kappa shape index (κ1) is 13.3. The summed E-state index contributed by atoms with van der Waals surface area (Å²) in [6, 6.07) is 8.46. The van der Waals surface area contributed by atoms with E-state index in [1.807, 2.05) is 0 Å². The lowest BCUT2D eigenvalue weighted by molar-refractivity contribution is -0.125. The van der Waals surface area contributed by atoms with Crippen LogP contribution in [0.1, 0.15) is 5.56 Å². The van der Waals surface area contributed by atoms with Gasteiger partial charge in [0.2, 0.25) is 0 Å². The molecule has 0 aromatic heterocycles. The average molecular weight is 244 g/mol. The van der Waals surface area contributed by atoms with E-state index in [4.69, 9.17) is 10.00 Å². The summed E-state index contributed by atoms with van der Waals surface area (Å²) in [5, 5.41) is 10.6. The van der Waals surface area contributed by atoms with Gasteiger partial charge in [0.15, 0.2) is 6.61 Å². The van der Waals surface area contributed by atoms with E-state index in [0.717, 1.165) is 0 Å². The van der Waals surface area contributed by atoms with Crippen LogP contribution >= 0.6 is 0 Å². The number of nitrogens with one attached hydrogen (secondary N) is 1. The van der Waals surface area contributed by atoms with Gasteiger partial charge in [-0.25, -0.2) is 0 Å². The number of alkyl halides is 3. The highest BCUT2D eigenvalue weighted by Gasteiger charge is 2.26. The van der Waals surface area contributed by atoms with Crippen molar-refractivity contribution in [3.63, 3.8) is 0 Å². The van der Waals surface area contributed by atoms with Crippen molar-refractivity contribution in [1.82, 2.24) is 5.32 Å². The third kappa shape index (κ3) is 5.22. The monoisotopic (exact) mass is 244 g/mol. The van der Waals surface area contributed by atoms with Crippen LogP contribution in [0.25, 0.3) is 0 Å². The van der Waals surface area contributed by atoms with Gasteiger partial charge in [0, 0.05) is 12.1 Å². The second kappa shape index (κ2) is 6.11. The number of ether oxygens (including phenoxy) is 1. The normalized spacial score (nSPS) is 10.9. The Morgan fingerprint density at radius 2 is 2.00 bits per heavy atom. The Balaban J connectivity index is 2.55. The zero-order valence-corrected chi connectivity index (χ0v) is 8.92. The largest absolute Gasteiger partial charge is 0.478 e. The maximum absolute atomic E-state index is 11.9. The molecular weight excluding hydrogens is 233 g/mol. The number of rotatable bonds is 5. The molecule has 0 atom stereocenters. The van der Waals surface area contributed by atoms with Gasteiger partial charge in [-0.15, -0.1) is 0 Å². The third-order valence-corrected chi connectivity index (χ3v) is 1.91. The Labute approximate surface area is 96.8 Å². The number of para-hydroxylation sites is 1. The Kier molecular flexibility index (Phi) is 4.79. The molecule has 0 unspecified atom stereocenters. The number of nitrogens with zero attached hydrogens (tertiary/aromatic N) is 1. The van der Waals surface area contributed by atoms with Crippen molar-refractivity contribution in [2.45, 2.75) is 12.7 Å². The van der Waals surface area contributed by atoms with Gasteiger partial charge >= 0.3 is 6.18 Å². The SMILES string of the molecule is N#CCOc1ccccc1CNCC(F)(F)F. The molecule has 1 rings (SSSR count). The fourth-order valence-electron chi connectivity index (χ4n) is 1.24. The van der Waals surface area contributed by atoms with Crippen LogP contribution in [0.4, 0.5) is 13.2 Å². The molecule has 6 heteroatoms. The molecule has 0 saturated heterocycles. The van der Waals surface area contributed by atoms with E-state index in [9.17, 15) is 13.2 Å². The van der Waals surface area contributed by atoms with Crippen molar-refractivity contribution in [2.24, 2.45) is 0 Å². The molecule has 0 radical (unpaired) electrons. The molecule has 0 heterocycles. The van der Waals surface area contributed by atoms with Crippen molar-refractivity contribution < 1.29 is 17.9 Å². The first-order valence-electron chi connectivity index (χ1n) is 4.88. The first-order valence-corrected chi connectivity index (χ1v) is 4.88. The van der Waals surface area contributed by atoms with Crippen LogP contribution in [0.3, 0.4) is 0 Å². The van der Waals surface area contributed by atoms with E-state index < -0.39 is 12.7 Å². The van der Waals surface area contributed by atoms with Gasteiger partial charge in [-0.05, 0) is 6.07 Å². The number of hydrogen-bond acceptors (Lipinski definition) is 3. The van der Waals surface area contributed by atoms with Gasteiger partial charge in [-0.2, -0.15) is 18.4 Å². The second-order valence-corrected chi connectivity index (χ2v) is 3.27. The van der Waals surface area contributed by atoms with E-state index in [0.29, 0.717) is 11.3 Å².